The van der Waals surface area contributed by atoms with Crippen LogP contribution in [0.15, 0.2) is 91.0 Å². The van der Waals surface area contributed by atoms with Gasteiger partial charge in [-0.25, -0.2) is 0 Å². The van der Waals surface area contributed by atoms with E-state index in [2.05, 4.69) is 95.9 Å². The van der Waals surface area contributed by atoms with Crippen LogP contribution in [0.5, 0.6) is 0 Å². The Morgan fingerprint density at radius 3 is 1.52 bits per heavy atom. The first-order valence-electron chi connectivity index (χ1n) is 10.7. The number of rotatable bonds is 5. The SMILES string of the molecule is O=C1C([P+](c2ccccc2)(c2ccccc2)c2ccccc2)CCCN1C1CC1. The second-order valence-corrected chi connectivity index (χ2v) is 11.8. The maximum absolute atomic E-state index is 13.9. The quantitative estimate of drug-likeness (QED) is 0.590. The van der Waals surface area contributed by atoms with E-state index in [1.165, 1.54) is 28.8 Å². The van der Waals surface area contributed by atoms with Crippen molar-refractivity contribution >= 4 is 29.1 Å². The van der Waals surface area contributed by atoms with Crippen LogP contribution in [0.3, 0.4) is 0 Å². The van der Waals surface area contributed by atoms with Gasteiger partial charge >= 0.3 is 0 Å². The molecule has 0 radical (unpaired) electrons. The maximum atomic E-state index is 13.9. The number of benzene rings is 3. The Morgan fingerprint density at radius 2 is 1.10 bits per heavy atom. The molecule has 1 heterocycles. The number of likely N-dealkylation sites (tertiary alicyclic amines) is 1. The number of amides is 1. The average molecular weight is 400 g/mol. The molecule has 146 valence electrons. The third kappa shape index (κ3) is 3.20. The summed E-state index contributed by atoms with van der Waals surface area (Å²) in [7, 11) is -2.13. The first-order valence-corrected chi connectivity index (χ1v) is 12.5. The molecule has 1 saturated heterocycles. The monoisotopic (exact) mass is 400 g/mol. The van der Waals surface area contributed by atoms with Crippen molar-refractivity contribution in [2.24, 2.45) is 0 Å². The Bertz CT molecular complexity index is 873. The van der Waals surface area contributed by atoms with Crippen molar-refractivity contribution in [1.29, 1.82) is 0 Å². The van der Waals surface area contributed by atoms with E-state index in [-0.39, 0.29) is 5.66 Å². The van der Waals surface area contributed by atoms with E-state index in [1.54, 1.807) is 0 Å². The molecule has 0 spiro atoms. The summed E-state index contributed by atoms with van der Waals surface area (Å²) < 4.78 is 0. The number of hydrogen-bond donors (Lipinski definition) is 0. The predicted molar refractivity (Wildman–Crippen MR) is 123 cm³/mol. The van der Waals surface area contributed by atoms with Crippen LogP contribution in [0.2, 0.25) is 0 Å². The molecule has 3 heteroatoms. The standard InChI is InChI=1S/C26H27NOP/c28-26-25(17-10-20-27(26)21-18-19-21)29(22-11-4-1-5-12-22,23-13-6-2-7-14-23)24-15-8-3-9-16-24/h1-9,11-16,21,25H,10,17-20H2/q+1. The number of nitrogens with zero attached hydrogens (tertiary/aromatic N) is 1. The van der Waals surface area contributed by atoms with Crippen LogP contribution in [-0.2, 0) is 4.79 Å². The number of piperidine rings is 1. The van der Waals surface area contributed by atoms with Crippen molar-refractivity contribution in [2.45, 2.75) is 37.4 Å². The highest BCUT2D eigenvalue weighted by atomic mass is 31.2. The van der Waals surface area contributed by atoms with Gasteiger partial charge in [-0.15, -0.1) is 0 Å². The minimum absolute atomic E-state index is 0.0176. The van der Waals surface area contributed by atoms with Crippen molar-refractivity contribution in [2.75, 3.05) is 6.54 Å². The maximum Gasteiger partial charge on any atom is 0.264 e. The Balaban J connectivity index is 1.77. The lowest BCUT2D eigenvalue weighted by Crippen LogP contribution is -2.51. The molecule has 2 aliphatic rings. The molecule has 1 atom stereocenters. The van der Waals surface area contributed by atoms with Gasteiger partial charge in [-0.05, 0) is 62.1 Å². The summed E-state index contributed by atoms with van der Waals surface area (Å²) in [6, 6.07) is 33.0. The lowest BCUT2D eigenvalue weighted by molar-refractivity contribution is -0.133. The smallest absolute Gasteiger partial charge is 0.264 e. The fourth-order valence-electron chi connectivity index (χ4n) is 4.96. The van der Waals surface area contributed by atoms with Crippen molar-refractivity contribution in [3.05, 3.63) is 91.0 Å². The lowest BCUT2D eigenvalue weighted by Gasteiger charge is -2.39. The van der Waals surface area contributed by atoms with Gasteiger partial charge in [-0.1, -0.05) is 54.6 Å². The van der Waals surface area contributed by atoms with Gasteiger partial charge in [0.05, 0.1) is 0 Å². The molecule has 1 amide bonds. The molecule has 1 aliphatic carbocycles. The molecule has 3 aromatic rings. The van der Waals surface area contributed by atoms with E-state index in [9.17, 15) is 4.79 Å². The van der Waals surface area contributed by atoms with Crippen LogP contribution in [0.25, 0.3) is 0 Å². The fourth-order valence-corrected chi connectivity index (χ4v) is 9.92. The average Bonchev–Trinajstić information content (AvgIpc) is 3.63. The second-order valence-electron chi connectivity index (χ2n) is 8.15. The van der Waals surface area contributed by atoms with E-state index < -0.39 is 7.26 Å². The summed E-state index contributed by atoms with van der Waals surface area (Å²) in [4.78, 5) is 16.1. The molecule has 29 heavy (non-hydrogen) atoms. The Labute approximate surface area is 173 Å². The van der Waals surface area contributed by atoms with Gasteiger partial charge in [0.15, 0.2) is 5.66 Å². The van der Waals surface area contributed by atoms with E-state index >= 15 is 0 Å². The van der Waals surface area contributed by atoms with Gasteiger partial charge in [0, 0.05) is 12.6 Å². The number of carbonyl (C=O) groups excluding carboxylic acids is 1. The summed E-state index contributed by atoms with van der Waals surface area (Å²) in [5, 5.41) is 3.94. The van der Waals surface area contributed by atoms with Gasteiger partial charge in [0.2, 0.25) is 0 Å². The minimum Gasteiger partial charge on any atom is -0.336 e. The largest absolute Gasteiger partial charge is 0.336 e. The van der Waals surface area contributed by atoms with Gasteiger partial charge in [0.25, 0.3) is 5.91 Å². The molecule has 1 aliphatic heterocycles. The molecule has 2 nitrogen and oxygen atoms in total. The molecule has 2 fully saturated rings. The van der Waals surface area contributed by atoms with Crippen LogP contribution in [0.4, 0.5) is 0 Å². The van der Waals surface area contributed by atoms with Gasteiger partial charge < -0.3 is 4.90 Å². The molecule has 0 bridgehead atoms. The van der Waals surface area contributed by atoms with Crippen LogP contribution in [0.1, 0.15) is 25.7 Å². The topological polar surface area (TPSA) is 20.3 Å². The summed E-state index contributed by atoms with van der Waals surface area (Å²) in [5.74, 6) is 0.378. The van der Waals surface area contributed by atoms with Crippen molar-refractivity contribution < 1.29 is 4.79 Å². The van der Waals surface area contributed by atoms with Crippen LogP contribution >= 0.6 is 7.26 Å². The zero-order chi connectivity index (χ0) is 19.7. The molecule has 5 rings (SSSR count). The first-order chi connectivity index (χ1) is 14.3. The summed E-state index contributed by atoms with van der Waals surface area (Å²) in [5.41, 5.74) is 0.0176. The van der Waals surface area contributed by atoms with E-state index in [1.807, 2.05) is 0 Å². The summed E-state index contributed by atoms with van der Waals surface area (Å²) in [6.07, 6.45) is 4.41. The highest BCUT2D eigenvalue weighted by Crippen LogP contribution is 2.62. The zero-order valence-electron chi connectivity index (χ0n) is 16.7. The molecular formula is C26H27NOP+. The zero-order valence-corrected chi connectivity index (χ0v) is 17.5. The van der Waals surface area contributed by atoms with Gasteiger partial charge in [-0.3, -0.25) is 4.79 Å². The van der Waals surface area contributed by atoms with Crippen LogP contribution < -0.4 is 15.9 Å². The molecule has 0 N–H and O–H groups in total. The molecule has 1 saturated carbocycles. The minimum atomic E-state index is -2.13. The predicted octanol–water partition coefficient (Wildman–Crippen LogP) is 4.13. The first kappa shape index (κ1) is 18.6. The Morgan fingerprint density at radius 1 is 0.655 bits per heavy atom. The van der Waals surface area contributed by atoms with Crippen LogP contribution in [-0.4, -0.2) is 29.1 Å². The molecule has 0 aromatic heterocycles. The highest BCUT2D eigenvalue weighted by molar-refractivity contribution is 7.96. The lowest BCUT2D eigenvalue weighted by atomic mass is 10.1. The number of carbonyl (C=O) groups is 1. The van der Waals surface area contributed by atoms with E-state index in [0.29, 0.717) is 11.9 Å². The van der Waals surface area contributed by atoms with E-state index in [0.717, 1.165) is 19.4 Å². The third-order valence-corrected chi connectivity index (χ3v) is 11.1. The third-order valence-electron chi connectivity index (χ3n) is 6.39. The number of hydrogen-bond acceptors (Lipinski definition) is 1. The Kier molecular flexibility index (Phi) is 4.97. The van der Waals surface area contributed by atoms with Crippen molar-refractivity contribution in [3.63, 3.8) is 0 Å². The van der Waals surface area contributed by atoms with Crippen molar-refractivity contribution in [1.82, 2.24) is 4.90 Å². The highest BCUT2D eigenvalue weighted by Gasteiger charge is 2.58. The van der Waals surface area contributed by atoms with Crippen molar-refractivity contribution in [3.8, 4) is 0 Å². The van der Waals surface area contributed by atoms with Gasteiger partial charge in [-0.2, -0.15) is 0 Å². The van der Waals surface area contributed by atoms with Gasteiger partial charge in [0.1, 0.15) is 23.2 Å². The fraction of sp³-hybridized carbons (Fsp3) is 0.269. The summed E-state index contributed by atoms with van der Waals surface area (Å²) in [6.45, 7) is 0.929. The summed E-state index contributed by atoms with van der Waals surface area (Å²) >= 11 is 0. The van der Waals surface area contributed by atoms with Crippen LogP contribution in [0, 0.1) is 0 Å². The normalized spacial score (nSPS) is 19.9. The Hall–Kier alpha value is -2.44. The van der Waals surface area contributed by atoms with E-state index in [4.69, 9.17) is 0 Å². The molecule has 3 aromatic carbocycles. The molecule has 1 unspecified atom stereocenters. The second kappa shape index (κ2) is 7.76. The molecular weight excluding hydrogens is 373 g/mol.